The van der Waals surface area contributed by atoms with Crippen LogP contribution in [-0.2, 0) is 17.6 Å². The number of phenols is 3. The molecule has 0 fully saturated rings. The zero-order valence-electron chi connectivity index (χ0n) is 13.4. The summed E-state index contributed by atoms with van der Waals surface area (Å²) in [6.07, 6.45) is 1.23. The van der Waals surface area contributed by atoms with E-state index in [0.29, 0.717) is 25.7 Å². The van der Waals surface area contributed by atoms with E-state index in [1.54, 1.807) is 30.3 Å². The van der Waals surface area contributed by atoms with Crippen molar-refractivity contribution in [3.8, 4) is 17.2 Å². The third-order valence-electron chi connectivity index (χ3n) is 3.90. The zero-order valence-corrected chi connectivity index (χ0v) is 13.4. The number of aliphatic hydroxyl groups excluding tert-OH is 1. The van der Waals surface area contributed by atoms with Gasteiger partial charge in [0.2, 0.25) is 0 Å². The van der Waals surface area contributed by atoms with Crippen LogP contribution in [0.4, 0.5) is 0 Å². The lowest BCUT2D eigenvalue weighted by Gasteiger charge is -2.10. The van der Waals surface area contributed by atoms with Gasteiger partial charge in [-0.15, -0.1) is 0 Å². The van der Waals surface area contributed by atoms with Gasteiger partial charge in [-0.25, -0.2) is 0 Å². The molecule has 2 aromatic rings. The smallest absolute Gasteiger partial charge is 0.157 e. The van der Waals surface area contributed by atoms with Crippen LogP contribution in [0.5, 0.6) is 17.2 Å². The van der Waals surface area contributed by atoms with Gasteiger partial charge in [-0.2, -0.15) is 0 Å². The summed E-state index contributed by atoms with van der Waals surface area (Å²) in [6, 6.07) is 11.2. The van der Waals surface area contributed by atoms with Crippen molar-refractivity contribution in [2.75, 3.05) is 0 Å². The lowest BCUT2D eigenvalue weighted by Crippen LogP contribution is -2.14. The molecule has 0 aliphatic heterocycles. The highest BCUT2D eigenvalue weighted by molar-refractivity contribution is 5.79. The first kappa shape index (κ1) is 17.8. The number of hydrogen-bond donors (Lipinski definition) is 4. The summed E-state index contributed by atoms with van der Waals surface area (Å²) in [6.45, 7) is 0. The van der Waals surface area contributed by atoms with Gasteiger partial charge in [-0.05, 0) is 54.7 Å². The van der Waals surface area contributed by atoms with Crippen molar-refractivity contribution >= 4 is 5.78 Å². The van der Waals surface area contributed by atoms with E-state index < -0.39 is 6.10 Å². The first-order valence-corrected chi connectivity index (χ1v) is 7.92. The van der Waals surface area contributed by atoms with E-state index >= 15 is 0 Å². The molecule has 0 amide bonds. The van der Waals surface area contributed by atoms with E-state index in [9.17, 15) is 25.2 Å². The predicted molar refractivity (Wildman–Crippen MR) is 90.2 cm³/mol. The van der Waals surface area contributed by atoms with Gasteiger partial charge in [0.25, 0.3) is 0 Å². The molecule has 128 valence electrons. The fourth-order valence-electron chi connectivity index (χ4n) is 2.47. The minimum Gasteiger partial charge on any atom is -0.508 e. The molecule has 1 atom stereocenters. The summed E-state index contributed by atoms with van der Waals surface area (Å²) in [5.74, 6) is -0.180. The van der Waals surface area contributed by atoms with E-state index in [1.807, 2.05) is 0 Å². The highest BCUT2D eigenvalue weighted by atomic mass is 16.3. The van der Waals surface area contributed by atoms with Crippen molar-refractivity contribution in [2.24, 2.45) is 0 Å². The molecule has 0 bridgehead atoms. The first-order valence-electron chi connectivity index (χ1n) is 7.92. The predicted octanol–water partition coefficient (Wildman–Crippen LogP) is 2.69. The molecule has 0 unspecified atom stereocenters. The summed E-state index contributed by atoms with van der Waals surface area (Å²) in [4.78, 5) is 11.9. The minimum absolute atomic E-state index is 0.0101. The third-order valence-corrected chi connectivity index (χ3v) is 3.90. The molecule has 0 aliphatic carbocycles. The van der Waals surface area contributed by atoms with Crippen LogP contribution in [-0.4, -0.2) is 32.3 Å². The van der Waals surface area contributed by atoms with Crippen LogP contribution in [0.25, 0.3) is 0 Å². The quantitative estimate of drug-likeness (QED) is 0.558. The van der Waals surface area contributed by atoms with Crippen LogP contribution in [0.1, 0.15) is 30.4 Å². The Hall–Kier alpha value is -2.53. The summed E-state index contributed by atoms with van der Waals surface area (Å²) in [7, 11) is 0. The molecular weight excluding hydrogens is 308 g/mol. The molecule has 0 saturated heterocycles. The normalized spacial score (nSPS) is 12.0. The van der Waals surface area contributed by atoms with E-state index in [1.165, 1.54) is 12.1 Å². The largest absolute Gasteiger partial charge is 0.508 e. The maximum Gasteiger partial charge on any atom is 0.157 e. The number of ketones is 1. The molecule has 2 rings (SSSR count). The second kappa shape index (κ2) is 8.36. The summed E-state index contributed by atoms with van der Waals surface area (Å²) >= 11 is 0. The highest BCUT2D eigenvalue weighted by Gasteiger charge is 2.12. The minimum atomic E-state index is -0.728. The maximum atomic E-state index is 11.9. The average molecular weight is 330 g/mol. The SMILES string of the molecule is O=C(CCc1ccc(O)cc1)C[C@H](O)CCc1ccc(O)c(O)c1. The number of hydrogen-bond acceptors (Lipinski definition) is 5. The first-order chi connectivity index (χ1) is 11.4. The number of Topliss-reactive ketones (excluding diaryl/α,β-unsaturated/α-hetero) is 1. The molecule has 4 N–H and O–H groups in total. The number of carbonyl (C=O) groups is 1. The number of aliphatic hydroxyl groups is 1. The third kappa shape index (κ3) is 5.59. The second-order valence-corrected chi connectivity index (χ2v) is 5.92. The Morgan fingerprint density at radius 2 is 1.54 bits per heavy atom. The van der Waals surface area contributed by atoms with E-state index in [-0.39, 0.29) is 29.5 Å². The van der Waals surface area contributed by atoms with Crippen molar-refractivity contribution in [3.63, 3.8) is 0 Å². The molecule has 0 heterocycles. The van der Waals surface area contributed by atoms with Gasteiger partial charge < -0.3 is 20.4 Å². The number of aryl methyl sites for hydroxylation is 2. The van der Waals surface area contributed by atoms with Crippen molar-refractivity contribution < 1.29 is 25.2 Å². The molecule has 0 aliphatic rings. The topological polar surface area (TPSA) is 98.0 Å². The molecule has 0 spiro atoms. The van der Waals surface area contributed by atoms with Crippen LogP contribution in [0.2, 0.25) is 0 Å². The lowest BCUT2D eigenvalue weighted by atomic mass is 10.00. The lowest BCUT2D eigenvalue weighted by molar-refractivity contribution is -0.120. The number of carbonyl (C=O) groups excluding carboxylic acids is 1. The van der Waals surface area contributed by atoms with Crippen LogP contribution < -0.4 is 0 Å². The number of phenolic OH excluding ortho intramolecular Hbond substituents is 3. The molecule has 0 radical (unpaired) electrons. The van der Waals surface area contributed by atoms with Gasteiger partial charge >= 0.3 is 0 Å². The second-order valence-electron chi connectivity index (χ2n) is 5.92. The number of aromatic hydroxyl groups is 3. The Balaban J connectivity index is 1.72. The molecule has 0 aromatic heterocycles. The Bertz CT molecular complexity index is 679. The van der Waals surface area contributed by atoms with Crippen LogP contribution in [0.3, 0.4) is 0 Å². The van der Waals surface area contributed by atoms with Gasteiger partial charge in [0.1, 0.15) is 11.5 Å². The molecular formula is C19H22O5. The molecule has 0 saturated carbocycles. The number of rotatable bonds is 8. The monoisotopic (exact) mass is 330 g/mol. The fourth-order valence-corrected chi connectivity index (χ4v) is 2.47. The van der Waals surface area contributed by atoms with Crippen molar-refractivity contribution in [3.05, 3.63) is 53.6 Å². The van der Waals surface area contributed by atoms with Crippen LogP contribution in [0.15, 0.2) is 42.5 Å². The summed E-state index contributed by atoms with van der Waals surface area (Å²) in [5.41, 5.74) is 1.76. The number of benzene rings is 2. The van der Waals surface area contributed by atoms with Crippen molar-refractivity contribution in [2.45, 2.75) is 38.2 Å². The molecule has 5 nitrogen and oxygen atoms in total. The fraction of sp³-hybridized carbons (Fsp3) is 0.316. The van der Waals surface area contributed by atoms with Gasteiger partial charge in [-0.1, -0.05) is 18.2 Å². The Morgan fingerprint density at radius 1 is 0.875 bits per heavy atom. The van der Waals surface area contributed by atoms with Crippen LogP contribution in [0, 0.1) is 0 Å². The summed E-state index contributed by atoms with van der Waals surface area (Å²) < 4.78 is 0. The standard InChI is InChI=1S/C19H22O5/c20-15-6-1-13(2-7-15)3-8-16(21)12-17(22)9-4-14-5-10-18(23)19(24)11-14/h1-2,5-7,10-11,17,20,22-24H,3-4,8-9,12H2/t17-/m1/s1. The van der Waals surface area contributed by atoms with Gasteiger partial charge in [0, 0.05) is 12.8 Å². The summed E-state index contributed by atoms with van der Waals surface area (Å²) in [5, 5.41) is 37.9. The maximum absolute atomic E-state index is 11.9. The zero-order chi connectivity index (χ0) is 17.5. The van der Waals surface area contributed by atoms with Gasteiger partial charge in [0.05, 0.1) is 6.10 Å². The Labute approximate surface area is 140 Å². The van der Waals surface area contributed by atoms with Gasteiger partial charge in [0.15, 0.2) is 11.5 Å². The Morgan fingerprint density at radius 3 is 2.21 bits per heavy atom. The van der Waals surface area contributed by atoms with Crippen LogP contribution >= 0.6 is 0 Å². The Kier molecular flexibility index (Phi) is 6.21. The average Bonchev–Trinajstić information content (AvgIpc) is 2.55. The molecule has 5 heteroatoms. The van der Waals surface area contributed by atoms with Gasteiger partial charge in [-0.3, -0.25) is 4.79 Å². The highest BCUT2D eigenvalue weighted by Crippen LogP contribution is 2.25. The molecule has 2 aromatic carbocycles. The van der Waals surface area contributed by atoms with Crippen molar-refractivity contribution in [1.29, 1.82) is 0 Å². The molecule has 24 heavy (non-hydrogen) atoms. The van der Waals surface area contributed by atoms with Crippen molar-refractivity contribution in [1.82, 2.24) is 0 Å². The van der Waals surface area contributed by atoms with E-state index in [4.69, 9.17) is 0 Å². The van der Waals surface area contributed by atoms with E-state index in [0.717, 1.165) is 11.1 Å². The van der Waals surface area contributed by atoms with E-state index in [2.05, 4.69) is 0 Å².